The van der Waals surface area contributed by atoms with E-state index < -0.39 is 0 Å². The zero-order chi connectivity index (χ0) is 19.1. The molecule has 2 atom stereocenters. The van der Waals surface area contributed by atoms with E-state index in [-0.39, 0.29) is 12.1 Å². The molecule has 0 radical (unpaired) electrons. The minimum absolute atomic E-state index is 0.0466. The molecule has 1 heterocycles. The molecule has 1 fully saturated rings. The van der Waals surface area contributed by atoms with E-state index in [1.165, 1.54) is 6.20 Å². The molecule has 6 N–H and O–H groups in total. The Labute approximate surface area is 159 Å². The van der Waals surface area contributed by atoms with Gasteiger partial charge in [-0.25, -0.2) is 4.98 Å². The van der Waals surface area contributed by atoms with E-state index in [1.807, 2.05) is 0 Å². The van der Waals surface area contributed by atoms with Crippen LogP contribution in [0.1, 0.15) is 47.3 Å². The van der Waals surface area contributed by atoms with Crippen LogP contribution in [0.25, 0.3) is 5.57 Å². The van der Waals surface area contributed by atoms with E-state index in [9.17, 15) is 4.79 Å². The van der Waals surface area contributed by atoms with Gasteiger partial charge in [-0.05, 0) is 19.9 Å². The largest absolute Gasteiger partial charge is 0.404 e. The van der Waals surface area contributed by atoms with Crippen molar-refractivity contribution >= 4 is 35.5 Å². The van der Waals surface area contributed by atoms with E-state index in [4.69, 9.17) is 23.1 Å². The summed E-state index contributed by atoms with van der Waals surface area (Å²) < 4.78 is 0. The lowest BCUT2D eigenvalue weighted by Crippen LogP contribution is -2.43. The second-order valence-electron chi connectivity index (χ2n) is 6.37. The molecule has 0 aliphatic heterocycles. The van der Waals surface area contributed by atoms with Gasteiger partial charge in [-0.2, -0.15) is 0 Å². The second-order valence-corrected chi connectivity index (χ2v) is 6.75. The van der Waals surface area contributed by atoms with Crippen molar-refractivity contribution in [2.45, 2.75) is 44.3 Å². The van der Waals surface area contributed by atoms with Gasteiger partial charge in [0.05, 0.1) is 10.7 Å². The van der Waals surface area contributed by atoms with Crippen LogP contribution in [-0.2, 0) is 6.54 Å². The zero-order valence-corrected chi connectivity index (χ0v) is 16.0. The molecule has 1 aliphatic carbocycles. The number of aldehydes is 1. The molecule has 2 rings (SSSR count). The summed E-state index contributed by atoms with van der Waals surface area (Å²) in [6.07, 6.45) is 7.88. The van der Waals surface area contributed by atoms with Gasteiger partial charge in [0.2, 0.25) is 0 Å². The number of pyridine rings is 1. The number of rotatable bonds is 7. The van der Waals surface area contributed by atoms with E-state index in [0.29, 0.717) is 39.8 Å². The molecule has 26 heavy (non-hydrogen) atoms. The van der Waals surface area contributed by atoms with Gasteiger partial charge in [0, 0.05) is 54.8 Å². The highest BCUT2D eigenvalue weighted by atomic mass is 35.5. The highest BCUT2D eigenvalue weighted by Crippen LogP contribution is 2.32. The van der Waals surface area contributed by atoms with Gasteiger partial charge in [0.25, 0.3) is 0 Å². The first-order valence-electron chi connectivity index (χ1n) is 8.76. The van der Waals surface area contributed by atoms with Crippen LogP contribution in [0.4, 0.5) is 5.82 Å². The molecule has 1 unspecified atom stereocenters. The quantitative estimate of drug-likeness (QED) is 0.425. The van der Waals surface area contributed by atoms with Crippen molar-refractivity contribution in [3.8, 4) is 0 Å². The van der Waals surface area contributed by atoms with E-state index >= 15 is 0 Å². The number of anilines is 1. The molecule has 0 bridgehead atoms. The van der Waals surface area contributed by atoms with Crippen LogP contribution in [0.3, 0.4) is 0 Å². The monoisotopic (exact) mass is 378 g/mol. The van der Waals surface area contributed by atoms with Gasteiger partial charge in [0.1, 0.15) is 5.82 Å². The molecule has 1 aromatic rings. The normalized spacial score (nSPS) is 21.2. The third-order valence-electron chi connectivity index (χ3n) is 4.61. The molecule has 0 aromatic carbocycles. The van der Waals surface area contributed by atoms with Crippen LogP contribution < -0.4 is 22.1 Å². The number of carbonyl (C=O) groups is 1. The molecule has 8 heteroatoms. The summed E-state index contributed by atoms with van der Waals surface area (Å²) >= 11 is 6.59. The molecular weight excluding hydrogens is 352 g/mol. The molecule has 0 saturated heterocycles. The fourth-order valence-corrected chi connectivity index (χ4v) is 3.52. The van der Waals surface area contributed by atoms with Crippen LogP contribution in [0.15, 0.2) is 11.2 Å². The molecule has 7 nitrogen and oxygen atoms in total. The number of nitrogens with two attached hydrogens (primary N) is 2. The number of halogens is 1. The molecular formula is C18H27ClN6O. The van der Waals surface area contributed by atoms with Gasteiger partial charge in [-0.15, -0.1) is 0 Å². The first-order valence-corrected chi connectivity index (χ1v) is 9.13. The number of aliphatic imine (C=N–C) groups is 1. The predicted octanol–water partition coefficient (Wildman–Crippen LogP) is 1.95. The molecule has 142 valence electrons. The number of aromatic nitrogens is 1. The summed E-state index contributed by atoms with van der Waals surface area (Å²) in [6.45, 7) is 0.426. The Hall–Kier alpha value is -1.96. The summed E-state index contributed by atoms with van der Waals surface area (Å²) in [5.74, 6) is 0.517. The lowest BCUT2D eigenvalue weighted by Gasteiger charge is -2.30. The van der Waals surface area contributed by atoms with Gasteiger partial charge < -0.3 is 22.1 Å². The number of hydrogen-bond acceptors (Lipinski definition) is 7. The van der Waals surface area contributed by atoms with Crippen LogP contribution in [0, 0.1) is 0 Å². The lowest BCUT2D eigenvalue weighted by molar-refractivity contribution is 0.112. The SMILES string of the molecule is CN=CC(=CN)c1nc(NC2CCCC[C@@H]2N)c(Cl)c(CNC)c1C=O. The third kappa shape index (κ3) is 4.41. The van der Waals surface area contributed by atoms with Crippen molar-refractivity contribution in [2.75, 3.05) is 19.4 Å². The smallest absolute Gasteiger partial charge is 0.152 e. The number of carbonyl (C=O) groups excluding carboxylic acids is 1. The molecule has 1 aliphatic rings. The highest BCUT2D eigenvalue weighted by Gasteiger charge is 2.25. The Balaban J connectivity index is 2.56. The maximum atomic E-state index is 11.8. The fraction of sp³-hybridized carbons (Fsp3) is 0.500. The summed E-state index contributed by atoms with van der Waals surface area (Å²) in [6, 6.07) is 0.140. The van der Waals surface area contributed by atoms with E-state index in [1.54, 1.807) is 20.3 Å². The minimum atomic E-state index is 0.0466. The first-order chi connectivity index (χ1) is 12.6. The van der Waals surface area contributed by atoms with Crippen LogP contribution in [-0.4, -0.2) is 43.7 Å². The van der Waals surface area contributed by atoms with Crippen LogP contribution in [0.5, 0.6) is 0 Å². The molecule has 0 spiro atoms. The minimum Gasteiger partial charge on any atom is -0.404 e. The Kier molecular flexibility index (Phi) is 7.56. The Morgan fingerprint density at radius 1 is 1.42 bits per heavy atom. The molecule has 0 amide bonds. The summed E-state index contributed by atoms with van der Waals surface area (Å²) in [7, 11) is 3.43. The van der Waals surface area contributed by atoms with Gasteiger partial charge in [0.15, 0.2) is 6.29 Å². The highest BCUT2D eigenvalue weighted by molar-refractivity contribution is 6.34. The number of nitrogens with one attached hydrogen (secondary N) is 2. The Morgan fingerprint density at radius 3 is 2.73 bits per heavy atom. The molecule has 1 saturated carbocycles. The van der Waals surface area contributed by atoms with Crippen LogP contribution >= 0.6 is 11.6 Å². The summed E-state index contributed by atoms with van der Waals surface area (Å²) in [5.41, 5.74) is 14.1. The van der Waals surface area contributed by atoms with Crippen LogP contribution in [0.2, 0.25) is 5.02 Å². The van der Waals surface area contributed by atoms with Crippen molar-refractivity contribution in [3.63, 3.8) is 0 Å². The molecule has 1 aromatic heterocycles. The maximum absolute atomic E-state index is 11.8. The Morgan fingerprint density at radius 2 is 2.15 bits per heavy atom. The Bertz CT molecular complexity index is 703. The second kappa shape index (κ2) is 9.66. The van der Waals surface area contributed by atoms with Gasteiger partial charge >= 0.3 is 0 Å². The zero-order valence-electron chi connectivity index (χ0n) is 15.3. The standard InChI is InChI=1S/C18H27ClN6O/c1-22-8-11(7-20)17-13(10-26)12(9-23-2)16(19)18(25-17)24-15-6-4-3-5-14(15)21/h7-8,10,14-15,23H,3-6,9,20-21H2,1-2H3,(H,24,25)/t14-,15?/m0/s1. The third-order valence-corrected chi connectivity index (χ3v) is 5.02. The number of allylic oxidation sites excluding steroid dienone is 1. The fourth-order valence-electron chi connectivity index (χ4n) is 3.25. The van der Waals surface area contributed by atoms with Gasteiger partial charge in [-0.3, -0.25) is 9.79 Å². The van der Waals surface area contributed by atoms with E-state index in [2.05, 4.69) is 20.6 Å². The number of hydrogen-bond donors (Lipinski definition) is 4. The van der Waals surface area contributed by atoms with Gasteiger partial charge in [-0.1, -0.05) is 24.4 Å². The van der Waals surface area contributed by atoms with Crippen molar-refractivity contribution in [1.29, 1.82) is 0 Å². The van der Waals surface area contributed by atoms with Crippen molar-refractivity contribution in [1.82, 2.24) is 10.3 Å². The summed E-state index contributed by atoms with van der Waals surface area (Å²) in [4.78, 5) is 20.4. The topological polar surface area (TPSA) is 118 Å². The number of nitrogens with zero attached hydrogens (tertiary/aromatic N) is 2. The maximum Gasteiger partial charge on any atom is 0.152 e. The average molecular weight is 379 g/mol. The van der Waals surface area contributed by atoms with E-state index in [0.717, 1.165) is 32.0 Å². The van der Waals surface area contributed by atoms with Crippen molar-refractivity contribution in [3.05, 3.63) is 28.0 Å². The van der Waals surface area contributed by atoms with Crippen molar-refractivity contribution in [2.24, 2.45) is 16.5 Å². The lowest BCUT2D eigenvalue weighted by atomic mass is 9.91. The predicted molar refractivity (Wildman–Crippen MR) is 108 cm³/mol. The summed E-state index contributed by atoms with van der Waals surface area (Å²) in [5, 5.41) is 6.86. The van der Waals surface area contributed by atoms with Crippen molar-refractivity contribution < 1.29 is 4.79 Å². The first kappa shape index (κ1) is 20.4. The average Bonchev–Trinajstić information content (AvgIpc) is 2.64.